The van der Waals surface area contributed by atoms with E-state index < -0.39 is 24.9 Å². The Kier molecular flexibility index (Phi) is 5.12. The maximum absolute atomic E-state index is 11.9. The van der Waals surface area contributed by atoms with Gasteiger partial charge in [0.2, 0.25) is 5.91 Å². The molecule has 1 rings (SSSR count). The van der Waals surface area contributed by atoms with E-state index in [0.29, 0.717) is 6.42 Å². The zero-order chi connectivity index (χ0) is 13.6. The number of rotatable bonds is 5. The molecule has 100 valence electrons. The van der Waals surface area contributed by atoms with Crippen LogP contribution in [0.5, 0.6) is 0 Å². The zero-order valence-corrected chi connectivity index (χ0v) is 10.00. The molecular weight excluding hydrogens is 245 g/mol. The van der Waals surface area contributed by atoms with E-state index >= 15 is 0 Å². The van der Waals surface area contributed by atoms with E-state index in [1.165, 1.54) is 0 Å². The quantitative estimate of drug-likeness (QED) is 0.883. The van der Waals surface area contributed by atoms with Gasteiger partial charge < -0.3 is 5.32 Å². The summed E-state index contributed by atoms with van der Waals surface area (Å²) in [7, 11) is 0. The molecule has 1 heterocycles. The summed E-state index contributed by atoms with van der Waals surface area (Å²) < 4.78 is 35.7. The minimum absolute atomic E-state index is 0.213. The van der Waals surface area contributed by atoms with Crippen LogP contribution in [0, 0.1) is 0 Å². The van der Waals surface area contributed by atoms with Crippen molar-refractivity contribution in [3.8, 4) is 0 Å². The minimum Gasteiger partial charge on any atom is -0.353 e. The maximum atomic E-state index is 11.9. The molecule has 1 atom stereocenters. The highest BCUT2D eigenvalue weighted by molar-refractivity contribution is 5.76. The molecule has 0 fully saturated rings. The van der Waals surface area contributed by atoms with Crippen molar-refractivity contribution < 1.29 is 18.0 Å². The van der Waals surface area contributed by atoms with Gasteiger partial charge in [0.1, 0.15) is 0 Å². The fraction of sp³-hybridized carbons (Fsp3) is 0.500. The summed E-state index contributed by atoms with van der Waals surface area (Å²) >= 11 is 0. The van der Waals surface area contributed by atoms with Crippen molar-refractivity contribution in [3.05, 3.63) is 30.1 Å². The van der Waals surface area contributed by atoms with Gasteiger partial charge in [0.25, 0.3) is 0 Å². The van der Waals surface area contributed by atoms with Gasteiger partial charge in [-0.05, 0) is 25.0 Å². The second kappa shape index (κ2) is 6.37. The van der Waals surface area contributed by atoms with Crippen molar-refractivity contribution in [2.24, 2.45) is 0 Å². The van der Waals surface area contributed by atoms with Gasteiger partial charge in [-0.25, -0.2) is 0 Å². The van der Waals surface area contributed by atoms with E-state index in [2.05, 4.69) is 10.3 Å². The second-order valence-electron chi connectivity index (χ2n) is 4.15. The molecule has 6 heteroatoms. The largest absolute Gasteiger partial charge is 0.389 e. The van der Waals surface area contributed by atoms with Crippen LogP contribution in [0.1, 0.15) is 25.3 Å². The summed E-state index contributed by atoms with van der Waals surface area (Å²) in [6, 6.07) is 3.41. The normalized spacial score (nSPS) is 13.1. The van der Waals surface area contributed by atoms with Gasteiger partial charge in [0.15, 0.2) is 0 Å². The second-order valence-corrected chi connectivity index (χ2v) is 4.15. The molecule has 0 aliphatic rings. The lowest BCUT2D eigenvalue weighted by atomic mass is 10.1. The summed E-state index contributed by atoms with van der Waals surface area (Å²) in [6.07, 6.45) is -2.05. The molecule has 0 aromatic carbocycles. The molecule has 0 unspecified atom stereocenters. The van der Waals surface area contributed by atoms with Gasteiger partial charge in [0.05, 0.1) is 6.42 Å². The molecule has 18 heavy (non-hydrogen) atoms. The van der Waals surface area contributed by atoms with Crippen LogP contribution in [-0.4, -0.2) is 23.1 Å². The number of amides is 1. The molecule has 1 aromatic heterocycles. The van der Waals surface area contributed by atoms with Crippen LogP contribution in [-0.2, 0) is 11.2 Å². The lowest BCUT2D eigenvalue weighted by Crippen LogP contribution is -2.34. The Bertz CT molecular complexity index is 379. The first-order valence-electron chi connectivity index (χ1n) is 5.62. The van der Waals surface area contributed by atoms with E-state index in [9.17, 15) is 18.0 Å². The van der Waals surface area contributed by atoms with Crippen molar-refractivity contribution in [1.82, 2.24) is 10.3 Å². The zero-order valence-electron chi connectivity index (χ0n) is 10.00. The van der Waals surface area contributed by atoms with Crippen molar-refractivity contribution >= 4 is 5.91 Å². The van der Waals surface area contributed by atoms with Gasteiger partial charge in [0, 0.05) is 24.9 Å². The maximum Gasteiger partial charge on any atom is 0.389 e. The van der Waals surface area contributed by atoms with Crippen LogP contribution in [0.4, 0.5) is 13.2 Å². The summed E-state index contributed by atoms with van der Waals surface area (Å²) in [5.74, 6) is -0.580. The highest BCUT2D eigenvalue weighted by Gasteiger charge is 2.28. The number of hydrogen-bond donors (Lipinski definition) is 1. The molecule has 1 amide bonds. The van der Waals surface area contributed by atoms with Gasteiger partial charge >= 0.3 is 6.18 Å². The molecule has 0 saturated heterocycles. The third-order valence-electron chi connectivity index (χ3n) is 2.31. The fourth-order valence-corrected chi connectivity index (χ4v) is 1.53. The number of halogens is 3. The van der Waals surface area contributed by atoms with Crippen molar-refractivity contribution in [1.29, 1.82) is 0 Å². The molecule has 1 aromatic rings. The Morgan fingerprint density at radius 2 is 2.22 bits per heavy atom. The molecule has 3 nitrogen and oxygen atoms in total. The smallest absolute Gasteiger partial charge is 0.353 e. The van der Waals surface area contributed by atoms with Gasteiger partial charge in [-0.15, -0.1) is 0 Å². The van der Waals surface area contributed by atoms with E-state index in [1.807, 2.05) is 6.07 Å². The van der Waals surface area contributed by atoms with Crippen LogP contribution in [0.15, 0.2) is 24.5 Å². The molecule has 0 radical (unpaired) electrons. The molecule has 0 spiro atoms. The lowest BCUT2D eigenvalue weighted by molar-refractivity contribution is -0.144. The highest BCUT2D eigenvalue weighted by Crippen LogP contribution is 2.21. The van der Waals surface area contributed by atoms with E-state index in [-0.39, 0.29) is 6.04 Å². The molecule has 0 aliphatic carbocycles. The number of carbonyl (C=O) groups is 1. The van der Waals surface area contributed by atoms with Gasteiger partial charge in [-0.3, -0.25) is 9.78 Å². The Balaban J connectivity index is 2.32. The summed E-state index contributed by atoms with van der Waals surface area (Å²) in [5, 5.41) is 2.53. The van der Waals surface area contributed by atoms with Gasteiger partial charge in [-0.1, -0.05) is 6.07 Å². The average molecular weight is 260 g/mol. The van der Waals surface area contributed by atoms with E-state index in [0.717, 1.165) is 5.56 Å². The first kappa shape index (κ1) is 14.5. The summed E-state index contributed by atoms with van der Waals surface area (Å²) in [5.41, 5.74) is 0.932. The SMILES string of the molecule is C[C@H](Cc1cccnc1)NC(=O)CCC(F)(F)F. The third-order valence-corrected chi connectivity index (χ3v) is 2.31. The Morgan fingerprint density at radius 1 is 1.50 bits per heavy atom. The number of pyridine rings is 1. The first-order chi connectivity index (χ1) is 8.37. The molecule has 0 aliphatic heterocycles. The van der Waals surface area contributed by atoms with E-state index in [1.54, 1.807) is 25.4 Å². The minimum atomic E-state index is -4.29. The van der Waals surface area contributed by atoms with Crippen LogP contribution < -0.4 is 5.32 Å². The summed E-state index contributed by atoms with van der Waals surface area (Å²) in [6.45, 7) is 1.75. The highest BCUT2D eigenvalue weighted by atomic mass is 19.4. The first-order valence-corrected chi connectivity index (χ1v) is 5.62. The Hall–Kier alpha value is -1.59. The monoisotopic (exact) mass is 260 g/mol. The van der Waals surface area contributed by atoms with Crippen molar-refractivity contribution in [2.45, 2.75) is 38.4 Å². The predicted octanol–water partition coefficient (Wildman–Crippen LogP) is 2.47. The Labute approximate surface area is 103 Å². The number of hydrogen-bond acceptors (Lipinski definition) is 2. The number of nitrogens with zero attached hydrogens (tertiary/aromatic N) is 1. The molecular formula is C12H15F3N2O. The van der Waals surface area contributed by atoms with Gasteiger partial charge in [-0.2, -0.15) is 13.2 Å². The lowest BCUT2D eigenvalue weighted by Gasteiger charge is -2.14. The fourth-order valence-electron chi connectivity index (χ4n) is 1.53. The van der Waals surface area contributed by atoms with Crippen molar-refractivity contribution in [3.63, 3.8) is 0 Å². The molecule has 0 bridgehead atoms. The topological polar surface area (TPSA) is 42.0 Å². The van der Waals surface area contributed by atoms with Crippen LogP contribution in [0.25, 0.3) is 0 Å². The average Bonchev–Trinajstić information content (AvgIpc) is 2.26. The number of aromatic nitrogens is 1. The van der Waals surface area contributed by atoms with Crippen LogP contribution >= 0.6 is 0 Å². The standard InChI is InChI=1S/C12H15F3N2O/c1-9(7-10-3-2-6-16-8-10)17-11(18)4-5-12(13,14)15/h2-3,6,8-9H,4-5,7H2,1H3,(H,17,18)/t9-/m1/s1. The number of nitrogens with one attached hydrogen (secondary N) is 1. The van der Waals surface area contributed by atoms with Crippen LogP contribution in [0.3, 0.4) is 0 Å². The number of alkyl halides is 3. The molecule has 1 N–H and O–H groups in total. The molecule has 0 saturated carbocycles. The third kappa shape index (κ3) is 6.22. The number of carbonyl (C=O) groups excluding carboxylic acids is 1. The van der Waals surface area contributed by atoms with Crippen LogP contribution in [0.2, 0.25) is 0 Å². The van der Waals surface area contributed by atoms with Crippen molar-refractivity contribution in [2.75, 3.05) is 0 Å². The van der Waals surface area contributed by atoms with E-state index in [4.69, 9.17) is 0 Å². The summed E-state index contributed by atoms with van der Waals surface area (Å²) in [4.78, 5) is 15.2. The predicted molar refractivity (Wildman–Crippen MR) is 60.8 cm³/mol. The Morgan fingerprint density at radius 3 is 2.78 bits per heavy atom.